The molecule has 0 unspecified atom stereocenters. The van der Waals surface area contributed by atoms with Gasteiger partial charge in [0.05, 0.1) is 0 Å². The molecular formula is C11H21LiSi2. The van der Waals surface area contributed by atoms with Gasteiger partial charge in [-0.2, -0.15) is 6.08 Å². The average Bonchev–Trinajstić information content (AvgIpc) is 2.28. The zero-order valence-electron chi connectivity index (χ0n) is 10.7. The van der Waals surface area contributed by atoms with Crippen molar-refractivity contribution in [2.24, 2.45) is 0 Å². The van der Waals surface area contributed by atoms with E-state index in [0.717, 1.165) is 0 Å². The first-order chi connectivity index (χ1) is 5.71. The Kier molecular flexibility index (Phi) is 4.33. The Labute approximate surface area is 103 Å². The molecule has 0 radical (unpaired) electrons. The van der Waals surface area contributed by atoms with Gasteiger partial charge in [0.2, 0.25) is 0 Å². The maximum atomic E-state index is 3.29. The van der Waals surface area contributed by atoms with Crippen molar-refractivity contribution >= 4 is 16.1 Å². The van der Waals surface area contributed by atoms with Gasteiger partial charge in [-0.15, -0.1) is 0 Å². The average molecular weight is 216 g/mol. The summed E-state index contributed by atoms with van der Waals surface area (Å²) >= 11 is 0. The monoisotopic (exact) mass is 216 g/mol. The van der Waals surface area contributed by atoms with Gasteiger partial charge < -0.3 is 0 Å². The van der Waals surface area contributed by atoms with E-state index in [1.54, 1.807) is 0 Å². The Morgan fingerprint density at radius 3 is 1.50 bits per heavy atom. The van der Waals surface area contributed by atoms with Crippen molar-refractivity contribution in [3.8, 4) is 0 Å². The van der Waals surface area contributed by atoms with Gasteiger partial charge in [0, 0.05) is 16.1 Å². The molecule has 3 heteroatoms. The molecule has 0 nitrogen and oxygen atoms in total. The van der Waals surface area contributed by atoms with E-state index in [1.807, 2.05) is 0 Å². The molecule has 0 N–H and O–H groups in total. The molecule has 74 valence electrons. The second kappa shape index (κ2) is 4.17. The molecule has 0 heterocycles. The zero-order valence-corrected chi connectivity index (χ0v) is 12.7. The van der Waals surface area contributed by atoms with Crippen LogP contribution in [0.15, 0.2) is 18.2 Å². The fraction of sp³-hybridized carbons (Fsp3) is 0.636. The molecule has 0 amide bonds. The van der Waals surface area contributed by atoms with E-state index in [-0.39, 0.29) is 18.9 Å². The molecule has 1 aliphatic rings. The van der Waals surface area contributed by atoms with Crippen LogP contribution in [0.4, 0.5) is 0 Å². The van der Waals surface area contributed by atoms with Crippen LogP contribution in [-0.2, 0) is 0 Å². The maximum absolute atomic E-state index is 3.29. The molecule has 0 atom stereocenters. The molecule has 0 aromatic carbocycles. The third-order valence-electron chi connectivity index (χ3n) is 3.24. The summed E-state index contributed by atoms with van der Waals surface area (Å²) in [7, 11) is -2.31. The van der Waals surface area contributed by atoms with Crippen LogP contribution in [0.1, 0.15) is 0 Å². The van der Waals surface area contributed by atoms with Gasteiger partial charge in [0.25, 0.3) is 0 Å². The van der Waals surface area contributed by atoms with Crippen molar-refractivity contribution in [1.82, 2.24) is 0 Å². The van der Waals surface area contributed by atoms with E-state index in [1.165, 1.54) is 0 Å². The van der Waals surface area contributed by atoms with Gasteiger partial charge in [0.1, 0.15) is 0 Å². The fourth-order valence-electron chi connectivity index (χ4n) is 2.47. The molecule has 0 fully saturated rings. The summed E-state index contributed by atoms with van der Waals surface area (Å²) in [6, 6.07) is 0. The van der Waals surface area contributed by atoms with E-state index >= 15 is 0 Å². The van der Waals surface area contributed by atoms with Crippen molar-refractivity contribution in [1.29, 1.82) is 0 Å². The van der Waals surface area contributed by atoms with Gasteiger partial charge in [-0.25, -0.2) is 12.2 Å². The maximum Gasteiger partial charge on any atom is 1.00 e. The summed E-state index contributed by atoms with van der Waals surface area (Å²) in [5.41, 5.74) is 0. The predicted molar refractivity (Wildman–Crippen MR) is 66.3 cm³/mol. The largest absolute Gasteiger partial charge is 1.00 e. The van der Waals surface area contributed by atoms with Crippen LogP contribution in [0.2, 0.25) is 43.9 Å². The van der Waals surface area contributed by atoms with Crippen LogP contribution in [0.3, 0.4) is 0 Å². The standard InChI is InChI=1S/C11H21Si2.Li/c1-12(2,3)11(13(4,5)6)9-7-8-10-11;/h7,9-10H,1-6H3;/q-1;+1. The SMILES string of the molecule is C[Si](C)(C)C1([Si](C)(C)C)C=[C-]C=C1.[Li+]. The van der Waals surface area contributed by atoms with Gasteiger partial charge in [-0.3, -0.25) is 6.08 Å². The smallest absolute Gasteiger partial charge is 0.256 e. The Morgan fingerprint density at radius 2 is 1.36 bits per heavy atom. The van der Waals surface area contributed by atoms with Gasteiger partial charge in [0.15, 0.2) is 0 Å². The molecule has 0 aliphatic heterocycles. The Balaban J connectivity index is 0.00000169. The van der Waals surface area contributed by atoms with Crippen LogP contribution in [0, 0.1) is 6.08 Å². The summed E-state index contributed by atoms with van der Waals surface area (Å²) < 4.78 is 0.431. The van der Waals surface area contributed by atoms with Crippen LogP contribution in [-0.4, -0.2) is 16.1 Å². The quantitative estimate of drug-likeness (QED) is 0.475. The van der Waals surface area contributed by atoms with E-state index in [9.17, 15) is 0 Å². The van der Waals surface area contributed by atoms with Crippen LogP contribution in [0.5, 0.6) is 0 Å². The minimum atomic E-state index is -1.15. The van der Waals surface area contributed by atoms with Crippen molar-refractivity contribution in [3.05, 3.63) is 24.3 Å². The van der Waals surface area contributed by atoms with E-state index in [4.69, 9.17) is 0 Å². The minimum absolute atomic E-state index is 0. The predicted octanol–water partition coefficient (Wildman–Crippen LogP) is 0.876. The third kappa shape index (κ3) is 2.19. The number of rotatable bonds is 2. The molecule has 0 bridgehead atoms. The molecule has 0 saturated heterocycles. The van der Waals surface area contributed by atoms with Crippen LogP contribution in [0.25, 0.3) is 0 Å². The van der Waals surface area contributed by atoms with Crippen molar-refractivity contribution in [2.75, 3.05) is 0 Å². The fourth-order valence-corrected chi connectivity index (χ4v) is 13.7. The molecule has 1 rings (SSSR count). The molecular weight excluding hydrogens is 195 g/mol. The summed E-state index contributed by atoms with van der Waals surface area (Å²) in [4.78, 5) is 0. The van der Waals surface area contributed by atoms with E-state index in [0.29, 0.717) is 4.66 Å². The van der Waals surface area contributed by atoms with Crippen LogP contribution >= 0.6 is 0 Å². The summed E-state index contributed by atoms with van der Waals surface area (Å²) in [5.74, 6) is 0. The van der Waals surface area contributed by atoms with Crippen molar-refractivity contribution < 1.29 is 18.9 Å². The summed E-state index contributed by atoms with van der Waals surface area (Å²) in [6.45, 7) is 14.8. The second-order valence-electron chi connectivity index (χ2n) is 6.01. The molecule has 0 aromatic heterocycles. The topological polar surface area (TPSA) is 0 Å². The van der Waals surface area contributed by atoms with Crippen molar-refractivity contribution in [3.63, 3.8) is 0 Å². The molecule has 1 aliphatic carbocycles. The second-order valence-corrected chi connectivity index (χ2v) is 17.2. The van der Waals surface area contributed by atoms with Crippen molar-refractivity contribution in [2.45, 2.75) is 43.9 Å². The van der Waals surface area contributed by atoms with E-state index < -0.39 is 16.1 Å². The van der Waals surface area contributed by atoms with Gasteiger partial charge in [-0.1, -0.05) is 43.9 Å². The minimum Gasteiger partial charge on any atom is -0.256 e. The number of hydrogen-bond acceptors (Lipinski definition) is 0. The molecule has 0 spiro atoms. The van der Waals surface area contributed by atoms with Gasteiger partial charge in [-0.05, 0) is 0 Å². The van der Waals surface area contributed by atoms with Crippen LogP contribution < -0.4 is 18.9 Å². The molecule has 0 aromatic rings. The Hall–Kier alpha value is 0.511. The third-order valence-corrected chi connectivity index (χ3v) is 13.3. The van der Waals surface area contributed by atoms with E-state index in [2.05, 4.69) is 63.6 Å². The Bertz CT molecular complexity index is 225. The summed E-state index contributed by atoms with van der Waals surface area (Å²) in [5, 5.41) is 0. The molecule has 14 heavy (non-hydrogen) atoms. The van der Waals surface area contributed by atoms with Gasteiger partial charge >= 0.3 is 18.9 Å². The zero-order chi connectivity index (χ0) is 10.3. The number of hydrogen-bond donors (Lipinski definition) is 0. The first-order valence-corrected chi connectivity index (χ1v) is 12.0. The first kappa shape index (κ1) is 14.5. The molecule has 0 saturated carbocycles. The number of allylic oxidation sites excluding steroid dienone is 4. The summed E-state index contributed by atoms with van der Waals surface area (Å²) in [6.07, 6.45) is 10.2. The first-order valence-electron chi connectivity index (χ1n) is 4.99. The Morgan fingerprint density at radius 1 is 0.929 bits per heavy atom. The normalized spacial score (nSPS) is 19.6.